The Hall–Kier alpha value is -3.02. The second-order valence-electron chi connectivity index (χ2n) is 4.43. The van der Waals surface area contributed by atoms with E-state index in [4.69, 9.17) is 10.2 Å². The van der Waals surface area contributed by atoms with Crippen molar-refractivity contribution in [3.05, 3.63) is 48.5 Å². The van der Waals surface area contributed by atoms with Crippen LogP contribution < -0.4 is 10.6 Å². The molecule has 6 heteroatoms. The Morgan fingerprint density at radius 1 is 0.818 bits per heavy atom. The Bertz CT molecular complexity index is 639. The molecule has 0 aliphatic rings. The van der Waals surface area contributed by atoms with E-state index in [1.165, 1.54) is 32.0 Å². The van der Waals surface area contributed by atoms with Gasteiger partial charge in [-0.05, 0) is 36.4 Å². The molecule has 0 saturated carbocycles. The van der Waals surface area contributed by atoms with Crippen molar-refractivity contribution in [1.29, 1.82) is 0 Å². The summed E-state index contributed by atoms with van der Waals surface area (Å²) in [4.78, 5) is 21.1. The maximum Gasteiger partial charge on any atom is 0.221 e. The first kappa shape index (κ1) is 17.0. The minimum Gasteiger partial charge on any atom is -0.508 e. The van der Waals surface area contributed by atoms with Crippen molar-refractivity contribution >= 4 is 23.2 Å². The summed E-state index contributed by atoms with van der Waals surface area (Å²) in [6, 6.07) is 12.9. The van der Waals surface area contributed by atoms with Crippen molar-refractivity contribution in [3.8, 4) is 11.5 Å². The first-order valence-electron chi connectivity index (χ1n) is 6.50. The Morgan fingerprint density at radius 3 is 1.86 bits per heavy atom. The quantitative estimate of drug-likeness (QED) is 0.506. The first-order chi connectivity index (χ1) is 10.4. The van der Waals surface area contributed by atoms with Gasteiger partial charge in [-0.15, -0.1) is 0 Å². The number of amides is 2. The number of phenols is 2. The predicted octanol–water partition coefficient (Wildman–Crippen LogP) is 2.70. The van der Waals surface area contributed by atoms with E-state index in [2.05, 4.69) is 10.6 Å². The van der Waals surface area contributed by atoms with Crippen LogP contribution in [0.4, 0.5) is 11.4 Å². The lowest BCUT2D eigenvalue weighted by Gasteiger charge is -2.02. The molecule has 0 aliphatic carbocycles. The number of aromatic hydroxyl groups is 2. The van der Waals surface area contributed by atoms with Gasteiger partial charge in [-0.3, -0.25) is 9.59 Å². The van der Waals surface area contributed by atoms with Crippen molar-refractivity contribution < 1.29 is 19.8 Å². The summed E-state index contributed by atoms with van der Waals surface area (Å²) in [5.41, 5.74) is 1.13. The average molecular weight is 302 g/mol. The zero-order valence-corrected chi connectivity index (χ0v) is 12.3. The topological polar surface area (TPSA) is 98.7 Å². The standard InChI is InChI=1S/2C8H9NO2/c1-6(10)9-7-2-4-8(11)5-3-7;1-6(10)9-7-4-2-3-5-8(7)11/h2*2-5,11H,1H3,(H,9,10). The van der Waals surface area contributed by atoms with Crippen LogP contribution in [-0.2, 0) is 9.59 Å². The van der Waals surface area contributed by atoms with Crippen LogP contribution >= 0.6 is 0 Å². The second-order valence-corrected chi connectivity index (χ2v) is 4.43. The van der Waals surface area contributed by atoms with Crippen molar-refractivity contribution in [1.82, 2.24) is 0 Å². The van der Waals surface area contributed by atoms with E-state index in [-0.39, 0.29) is 23.3 Å². The Balaban J connectivity index is 0.000000220. The molecule has 2 aromatic carbocycles. The Kier molecular flexibility index (Phi) is 6.43. The van der Waals surface area contributed by atoms with E-state index in [1.807, 2.05) is 0 Å². The maximum absolute atomic E-state index is 10.5. The van der Waals surface area contributed by atoms with E-state index < -0.39 is 0 Å². The number of anilines is 2. The van der Waals surface area contributed by atoms with Crippen molar-refractivity contribution in [2.24, 2.45) is 0 Å². The highest BCUT2D eigenvalue weighted by Gasteiger charge is 1.98. The molecule has 0 aliphatic heterocycles. The molecule has 4 N–H and O–H groups in total. The Labute approximate surface area is 128 Å². The average Bonchev–Trinajstić information content (AvgIpc) is 2.44. The molecule has 0 spiro atoms. The van der Waals surface area contributed by atoms with Gasteiger partial charge in [0, 0.05) is 19.5 Å². The number of para-hydroxylation sites is 2. The zero-order valence-electron chi connectivity index (χ0n) is 12.3. The molecule has 0 radical (unpaired) electrons. The SMILES string of the molecule is CC(=O)Nc1ccc(O)cc1.CC(=O)Nc1ccccc1O. The summed E-state index contributed by atoms with van der Waals surface area (Å²) in [5, 5.41) is 23.1. The number of phenolic OH excluding ortho intramolecular Hbond substituents is 2. The van der Waals surface area contributed by atoms with Gasteiger partial charge in [0.05, 0.1) is 5.69 Å². The van der Waals surface area contributed by atoms with Gasteiger partial charge in [0.15, 0.2) is 0 Å². The number of carbonyl (C=O) groups is 2. The van der Waals surface area contributed by atoms with Gasteiger partial charge < -0.3 is 20.8 Å². The lowest BCUT2D eigenvalue weighted by molar-refractivity contribution is -0.115. The minimum absolute atomic E-state index is 0.0858. The number of hydrogen-bond donors (Lipinski definition) is 4. The van der Waals surface area contributed by atoms with Crippen molar-refractivity contribution in [2.75, 3.05) is 10.6 Å². The molecule has 116 valence electrons. The fraction of sp³-hybridized carbons (Fsp3) is 0.125. The number of hydrogen-bond acceptors (Lipinski definition) is 4. The van der Waals surface area contributed by atoms with Crippen molar-refractivity contribution in [2.45, 2.75) is 13.8 Å². The molecule has 2 aromatic rings. The molecule has 0 fully saturated rings. The molecule has 0 aromatic heterocycles. The summed E-state index contributed by atoms with van der Waals surface area (Å²) in [6.07, 6.45) is 0. The van der Waals surface area contributed by atoms with Gasteiger partial charge in [0.2, 0.25) is 11.8 Å². The van der Waals surface area contributed by atoms with Gasteiger partial charge in [-0.2, -0.15) is 0 Å². The van der Waals surface area contributed by atoms with Crippen LogP contribution in [0.1, 0.15) is 13.8 Å². The Morgan fingerprint density at radius 2 is 1.36 bits per heavy atom. The summed E-state index contributed by atoms with van der Waals surface area (Å²) >= 11 is 0. The third kappa shape index (κ3) is 6.42. The number of nitrogens with one attached hydrogen (secondary N) is 2. The number of benzene rings is 2. The molecule has 22 heavy (non-hydrogen) atoms. The third-order valence-corrected chi connectivity index (χ3v) is 2.40. The summed E-state index contributed by atoms with van der Waals surface area (Å²) < 4.78 is 0. The van der Waals surface area contributed by atoms with Crippen LogP contribution in [0.15, 0.2) is 48.5 Å². The molecule has 6 nitrogen and oxygen atoms in total. The molecule has 0 bridgehead atoms. The van der Waals surface area contributed by atoms with Crippen LogP contribution in [0.3, 0.4) is 0 Å². The van der Waals surface area contributed by atoms with Crippen molar-refractivity contribution in [3.63, 3.8) is 0 Å². The second kappa shape index (κ2) is 8.31. The smallest absolute Gasteiger partial charge is 0.221 e. The third-order valence-electron chi connectivity index (χ3n) is 2.40. The van der Waals surface area contributed by atoms with Crippen LogP contribution in [-0.4, -0.2) is 22.0 Å². The van der Waals surface area contributed by atoms with Crippen LogP contribution in [0.25, 0.3) is 0 Å². The molecule has 0 heterocycles. The fourth-order valence-electron chi connectivity index (χ4n) is 1.52. The van der Waals surface area contributed by atoms with Gasteiger partial charge in [-0.1, -0.05) is 12.1 Å². The van der Waals surface area contributed by atoms with E-state index >= 15 is 0 Å². The maximum atomic E-state index is 10.5. The molecule has 2 amide bonds. The van der Waals surface area contributed by atoms with Gasteiger partial charge in [-0.25, -0.2) is 0 Å². The first-order valence-corrected chi connectivity index (χ1v) is 6.50. The molecule has 2 rings (SSSR count). The van der Waals surface area contributed by atoms with Crippen LogP contribution in [0.2, 0.25) is 0 Å². The van der Waals surface area contributed by atoms with E-state index in [0.29, 0.717) is 11.4 Å². The molecular weight excluding hydrogens is 284 g/mol. The lowest BCUT2D eigenvalue weighted by Crippen LogP contribution is -2.05. The number of carbonyl (C=O) groups excluding carboxylic acids is 2. The van der Waals surface area contributed by atoms with Gasteiger partial charge in [0.25, 0.3) is 0 Å². The highest BCUT2D eigenvalue weighted by molar-refractivity contribution is 5.90. The van der Waals surface area contributed by atoms with Crippen LogP contribution in [0, 0.1) is 0 Å². The highest BCUT2D eigenvalue weighted by Crippen LogP contribution is 2.20. The van der Waals surface area contributed by atoms with E-state index in [1.54, 1.807) is 30.3 Å². The largest absolute Gasteiger partial charge is 0.508 e. The summed E-state index contributed by atoms with van der Waals surface area (Å²) in [7, 11) is 0. The summed E-state index contributed by atoms with van der Waals surface area (Å²) in [6.45, 7) is 2.83. The molecular formula is C16H18N2O4. The predicted molar refractivity (Wildman–Crippen MR) is 84.8 cm³/mol. The minimum atomic E-state index is -0.188. The molecule has 0 atom stereocenters. The van der Waals surface area contributed by atoms with E-state index in [0.717, 1.165) is 0 Å². The number of rotatable bonds is 2. The summed E-state index contributed by atoms with van der Waals surface area (Å²) in [5.74, 6) is -0.0241. The normalized spacial score (nSPS) is 9.18. The monoisotopic (exact) mass is 302 g/mol. The molecule has 0 unspecified atom stereocenters. The van der Waals surface area contributed by atoms with Gasteiger partial charge in [0.1, 0.15) is 11.5 Å². The van der Waals surface area contributed by atoms with E-state index in [9.17, 15) is 9.59 Å². The zero-order chi connectivity index (χ0) is 16.5. The van der Waals surface area contributed by atoms with Crippen LogP contribution in [0.5, 0.6) is 11.5 Å². The molecule has 0 saturated heterocycles. The highest BCUT2D eigenvalue weighted by atomic mass is 16.3. The van der Waals surface area contributed by atoms with Gasteiger partial charge >= 0.3 is 0 Å². The fourth-order valence-corrected chi connectivity index (χ4v) is 1.52. The lowest BCUT2D eigenvalue weighted by atomic mass is 10.3.